The molecule has 0 aliphatic rings. The summed E-state index contributed by atoms with van der Waals surface area (Å²) in [7, 11) is 2.81. The maximum atomic E-state index is 11.2. The van der Waals surface area contributed by atoms with Gasteiger partial charge in [0.05, 0.1) is 13.7 Å². The molecule has 0 N–H and O–H groups in total. The van der Waals surface area contributed by atoms with Crippen molar-refractivity contribution >= 4 is 19.7 Å². The van der Waals surface area contributed by atoms with Crippen molar-refractivity contribution < 1.29 is 17.9 Å². The summed E-state index contributed by atoms with van der Waals surface area (Å²) >= 11 is 0. The lowest BCUT2D eigenvalue weighted by Gasteiger charge is -2.08. The standard InChI is InChI=1S/C9H11ClO4S/c1-3-14-7-4-5-8(13-2)9(6-7)15(10,11)12/h4-6H,3H2,1-2H3. The predicted octanol–water partition coefficient (Wildman–Crippen LogP) is 2.02. The van der Waals surface area contributed by atoms with Gasteiger partial charge < -0.3 is 9.47 Å². The Morgan fingerprint density at radius 2 is 2.07 bits per heavy atom. The van der Waals surface area contributed by atoms with Crippen molar-refractivity contribution in [2.24, 2.45) is 0 Å². The van der Waals surface area contributed by atoms with Crippen LogP contribution in [0.3, 0.4) is 0 Å². The van der Waals surface area contributed by atoms with E-state index in [1.165, 1.54) is 19.2 Å². The Balaban J connectivity index is 3.26. The molecule has 84 valence electrons. The van der Waals surface area contributed by atoms with Crippen molar-refractivity contribution in [2.45, 2.75) is 11.8 Å². The lowest BCUT2D eigenvalue weighted by atomic mass is 10.3. The molecule has 0 aliphatic heterocycles. The van der Waals surface area contributed by atoms with E-state index in [-0.39, 0.29) is 10.6 Å². The highest BCUT2D eigenvalue weighted by Gasteiger charge is 2.17. The molecule has 0 spiro atoms. The van der Waals surface area contributed by atoms with Gasteiger partial charge in [-0.05, 0) is 19.1 Å². The quantitative estimate of drug-likeness (QED) is 0.768. The second-order valence-electron chi connectivity index (χ2n) is 2.68. The molecule has 0 radical (unpaired) electrons. The highest BCUT2D eigenvalue weighted by atomic mass is 35.7. The molecule has 4 nitrogen and oxygen atoms in total. The van der Waals surface area contributed by atoms with Crippen molar-refractivity contribution in [1.29, 1.82) is 0 Å². The summed E-state index contributed by atoms with van der Waals surface area (Å²) < 4.78 is 32.4. The number of benzene rings is 1. The van der Waals surface area contributed by atoms with Gasteiger partial charge in [0.1, 0.15) is 16.4 Å². The molecule has 0 unspecified atom stereocenters. The lowest BCUT2D eigenvalue weighted by molar-refractivity contribution is 0.337. The number of ether oxygens (including phenoxy) is 2. The van der Waals surface area contributed by atoms with E-state index >= 15 is 0 Å². The van der Waals surface area contributed by atoms with Gasteiger partial charge in [-0.25, -0.2) is 8.42 Å². The Bertz CT molecular complexity index is 441. The summed E-state index contributed by atoms with van der Waals surface area (Å²) in [6.07, 6.45) is 0. The molecule has 0 aromatic heterocycles. The number of hydrogen-bond donors (Lipinski definition) is 0. The van der Waals surface area contributed by atoms with Crippen molar-refractivity contribution in [2.75, 3.05) is 13.7 Å². The van der Waals surface area contributed by atoms with Gasteiger partial charge in [0.2, 0.25) is 0 Å². The second-order valence-corrected chi connectivity index (χ2v) is 5.22. The van der Waals surface area contributed by atoms with Gasteiger partial charge in [0.25, 0.3) is 9.05 Å². The SMILES string of the molecule is CCOc1ccc(OC)c(S(=O)(=O)Cl)c1. The van der Waals surface area contributed by atoms with Gasteiger partial charge in [0, 0.05) is 16.7 Å². The summed E-state index contributed by atoms with van der Waals surface area (Å²) in [6, 6.07) is 4.46. The molecule has 0 bridgehead atoms. The number of hydrogen-bond acceptors (Lipinski definition) is 4. The summed E-state index contributed by atoms with van der Waals surface area (Å²) in [5, 5.41) is 0. The van der Waals surface area contributed by atoms with E-state index < -0.39 is 9.05 Å². The Hall–Kier alpha value is -0.940. The van der Waals surface area contributed by atoms with Crippen LogP contribution in [-0.2, 0) is 9.05 Å². The van der Waals surface area contributed by atoms with Crippen LogP contribution in [0, 0.1) is 0 Å². The van der Waals surface area contributed by atoms with Crippen LogP contribution >= 0.6 is 10.7 Å². The maximum Gasteiger partial charge on any atom is 0.265 e. The molecular weight excluding hydrogens is 240 g/mol. The van der Waals surface area contributed by atoms with Crippen LogP contribution in [0.25, 0.3) is 0 Å². The van der Waals surface area contributed by atoms with E-state index in [1.54, 1.807) is 13.0 Å². The highest BCUT2D eigenvalue weighted by Crippen LogP contribution is 2.30. The molecule has 1 aromatic rings. The lowest BCUT2D eigenvalue weighted by Crippen LogP contribution is -1.98. The molecule has 6 heteroatoms. The molecule has 0 aliphatic carbocycles. The molecule has 0 heterocycles. The summed E-state index contributed by atoms with van der Waals surface area (Å²) in [5.41, 5.74) is 0. The minimum absolute atomic E-state index is 0.0855. The van der Waals surface area contributed by atoms with Gasteiger partial charge >= 0.3 is 0 Å². The van der Waals surface area contributed by atoms with Gasteiger partial charge in [-0.1, -0.05) is 0 Å². The molecule has 0 saturated heterocycles. The smallest absolute Gasteiger partial charge is 0.265 e. The molecule has 0 saturated carbocycles. The van der Waals surface area contributed by atoms with E-state index in [0.29, 0.717) is 12.4 Å². The summed E-state index contributed by atoms with van der Waals surface area (Å²) in [6.45, 7) is 2.26. The number of rotatable bonds is 4. The fourth-order valence-corrected chi connectivity index (χ4v) is 2.11. The topological polar surface area (TPSA) is 52.6 Å². The van der Waals surface area contributed by atoms with Crippen LogP contribution in [0.4, 0.5) is 0 Å². The molecule has 1 rings (SSSR count). The van der Waals surface area contributed by atoms with E-state index in [0.717, 1.165) is 0 Å². The van der Waals surface area contributed by atoms with Crippen molar-refractivity contribution in [3.8, 4) is 11.5 Å². The molecule has 0 atom stereocenters. The first kappa shape index (κ1) is 12.1. The van der Waals surface area contributed by atoms with Crippen LogP contribution in [0.15, 0.2) is 23.1 Å². The summed E-state index contributed by atoms with van der Waals surface area (Å²) in [5.74, 6) is 0.644. The molecule has 15 heavy (non-hydrogen) atoms. The van der Waals surface area contributed by atoms with Crippen LogP contribution in [0.5, 0.6) is 11.5 Å². The normalized spacial score (nSPS) is 11.1. The Labute approximate surface area is 93.2 Å². The largest absolute Gasteiger partial charge is 0.495 e. The van der Waals surface area contributed by atoms with E-state index in [2.05, 4.69) is 0 Å². The van der Waals surface area contributed by atoms with Crippen LogP contribution in [0.2, 0.25) is 0 Å². The number of halogens is 1. The Kier molecular flexibility index (Phi) is 3.82. The Morgan fingerprint density at radius 3 is 2.53 bits per heavy atom. The zero-order chi connectivity index (χ0) is 11.5. The van der Waals surface area contributed by atoms with Crippen LogP contribution < -0.4 is 9.47 Å². The van der Waals surface area contributed by atoms with E-state index in [4.69, 9.17) is 20.2 Å². The van der Waals surface area contributed by atoms with Crippen LogP contribution in [-0.4, -0.2) is 22.1 Å². The molecule has 0 amide bonds. The molecular formula is C9H11ClO4S. The van der Waals surface area contributed by atoms with Crippen LogP contribution in [0.1, 0.15) is 6.92 Å². The fraction of sp³-hybridized carbons (Fsp3) is 0.333. The van der Waals surface area contributed by atoms with Gasteiger partial charge in [-0.2, -0.15) is 0 Å². The first-order valence-corrected chi connectivity index (χ1v) is 6.55. The second kappa shape index (κ2) is 4.72. The van der Waals surface area contributed by atoms with Gasteiger partial charge in [-0.3, -0.25) is 0 Å². The highest BCUT2D eigenvalue weighted by molar-refractivity contribution is 8.13. The predicted molar refractivity (Wildman–Crippen MR) is 57.2 cm³/mol. The third-order valence-electron chi connectivity index (χ3n) is 1.71. The molecule has 1 aromatic carbocycles. The average Bonchev–Trinajstić information content (AvgIpc) is 2.17. The maximum absolute atomic E-state index is 11.2. The third-order valence-corrected chi connectivity index (χ3v) is 3.05. The zero-order valence-electron chi connectivity index (χ0n) is 8.36. The van der Waals surface area contributed by atoms with Crippen molar-refractivity contribution in [1.82, 2.24) is 0 Å². The van der Waals surface area contributed by atoms with E-state index in [1.807, 2.05) is 0 Å². The average molecular weight is 251 g/mol. The van der Waals surface area contributed by atoms with Crippen molar-refractivity contribution in [3.05, 3.63) is 18.2 Å². The zero-order valence-corrected chi connectivity index (χ0v) is 9.93. The Morgan fingerprint density at radius 1 is 1.40 bits per heavy atom. The first-order valence-electron chi connectivity index (χ1n) is 4.24. The first-order chi connectivity index (χ1) is 6.99. The fourth-order valence-electron chi connectivity index (χ4n) is 1.10. The van der Waals surface area contributed by atoms with E-state index in [9.17, 15) is 8.42 Å². The molecule has 0 fully saturated rings. The van der Waals surface area contributed by atoms with Gasteiger partial charge in [-0.15, -0.1) is 0 Å². The minimum atomic E-state index is -3.82. The van der Waals surface area contributed by atoms with Gasteiger partial charge in [0.15, 0.2) is 0 Å². The minimum Gasteiger partial charge on any atom is -0.495 e. The third kappa shape index (κ3) is 3.00. The monoisotopic (exact) mass is 250 g/mol. The van der Waals surface area contributed by atoms with Crippen molar-refractivity contribution in [3.63, 3.8) is 0 Å². The summed E-state index contributed by atoms with van der Waals surface area (Å²) in [4.78, 5) is -0.0855. The number of methoxy groups -OCH3 is 1.